The lowest BCUT2D eigenvalue weighted by molar-refractivity contribution is -0.0128. The zero-order valence-corrected chi connectivity index (χ0v) is 11.3. The molecule has 0 aromatic carbocycles. The maximum absolute atomic E-state index is 10.1. The predicted molar refractivity (Wildman–Crippen MR) is 68.3 cm³/mol. The molecule has 0 bridgehead atoms. The van der Waals surface area contributed by atoms with Crippen molar-refractivity contribution in [1.29, 1.82) is 0 Å². The quantitative estimate of drug-likeness (QED) is 0.771. The molecule has 1 saturated carbocycles. The summed E-state index contributed by atoms with van der Waals surface area (Å²) in [5.74, 6) is 0. The van der Waals surface area contributed by atoms with Gasteiger partial charge in [0.1, 0.15) is 0 Å². The summed E-state index contributed by atoms with van der Waals surface area (Å²) in [5, 5.41) is 10.1. The summed E-state index contributed by atoms with van der Waals surface area (Å²) in [6.45, 7) is 8.31. The van der Waals surface area contributed by atoms with Crippen molar-refractivity contribution >= 4 is 0 Å². The molecule has 3 heteroatoms. The van der Waals surface area contributed by atoms with Gasteiger partial charge in [-0.1, -0.05) is 20.8 Å². The SMILES string of the molecule is CN(CC(C)(C)C)C1CCC(O)(CN)CC1. The summed E-state index contributed by atoms with van der Waals surface area (Å²) in [6, 6.07) is 0.617. The molecule has 0 amide bonds. The van der Waals surface area contributed by atoms with Gasteiger partial charge in [0.2, 0.25) is 0 Å². The zero-order chi connectivity index (χ0) is 12.4. The first-order valence-corrected chi connectivity index (χ1v) is 6.38. The van der Waals surface area contributed by atoms with Gasteiger partial charge in [0.25, 0.3) is 0 Å². The van der Waals surface area contributed by atoms with E-state index in [1.807, 2.05) is 0 Å². The fraction of sp³-hybridized carbons (Fsp3) is 1.00. The van der Waals surface area contributed by atoms with E-state index < -0.39 is 5.60 Å². The van der Waals surface area contributed by atoms with E-state index in [-0.39, 0.29) is 0 Å². The van der Waals surface area contributed by atoms with Crippen LogP contribution in [0.15, 0.2) is 0 Å². The van der Waals surface area contributed by atoms with E-state index in [4.69, 9.17) is 5.73 Å². The highest BCUT2D eigenvalue weighted by Crippen LogP contribution is 2.30. The molecule has 0 aromatic heterocycles. The van der Waals surface area contributed by atoms with Crippen molar-refractivity contribution in [3.05, 3.63) is 0 Å². The van der Waals surface area contributed by atoms with Crippen molar-refractivity contribution in [2.75, 3.05) is 20.1 Å². The van der Waals surface area contributed by atoms with Gasteiger partial charge in [-0.05, 0) is 38.1 Å². The maximum Gasteiger partial charge on any atom is 0.0770 e. The van der Waals surface area contributed by atoms with E-state index in [0.717, 1.165) is 32.2 Å². The van der Waals surface area contributed by atoms with Crippen molar-refractivity contribution in [2.24, 2.45) is 11.1 Å². The monoisotopic (exact) mass is 228 g/mol. The topological polar surface area (TPSA) is 49.5 Å². The largest absolute Gasteiger partial charge is 0.389 e. The first kappa shape index (κ1) is 13.9. The maximum atomic E-state index is 10.1. The third-order valence-corrected chi connectivity index (χ3v) is 3.61. The van der Waals surface area contributed by atoms with Crippen LogP contribution in [0.3, 0.4) is 0 Å². The van der Waals surface area contributed by atoms with Crippen molar-refractivity contribution in [1.82, 2.24) is 4.90 Å². The second kappa shape index (κ2) is 5.03. The summed E-state index contributed by atoms with van der Waals surface area (Å²) >= 11 is 0. The summed E-state index contributed by atoms with van der Waals surface area (Å²) < 4.78 is 0. The number of hydrogen-bond acceptors (Lipinski definition) is 3. The van der Waals surface area contributed by atoms with E-state index in [1.165, 1.54) is 0 Å². The van der Waals surface area contributed by atoms with Gasteiger partial charge in [-0.3, -0.25) is 0 Å². The van der Waals surface area contributed by atoms with E-state index in [2.05, 4.69) is 32.7 Å². The molecule has 0 spiro atoms. The lowest BCUT2D eigenvalue weighted by Gasteiger charge is -2.40. The molecule has 0 aromatic rings. The molecule has 0 saturated heterocycles. The van der Waals surface area contributed by atoms with Crippen LogP contribution in [-0.2, 0) is 0 Å². The lowest BCUT2D eigenvalue weighted by atomic mass is 9.81. The Morgan fingerprint density at radius 1 is 1.31 bits per heavy atom. The number of hydrogen-bond donors (Lipinski definition) is 2. The summed E-state index contributed by atoms with van der Waals surface area (Å²) in [7, 11) is 2.20. The molecule has 0 radical (unpaired) electrons. The van der Waals surface area contributed by atoms with Crippen LogP contribution in [0, 0.1) is 5.41 Å². The fourth-order valence-electron chi connectivity index (χ4n) is 2.66. The Bertz CT molecular complexity index is 214. The Kier molecular flexibility index (Phi) is 4.38. The molecule has 0 heterocycles. The highest BCUT2D eigenvalue weighted by molar-refractivity contribution is 4.89. The van der Waals surface area contributed by atoms with Crippen LogP contribution < -0.4 is 5.73 Å². The molecule has 1 aliphatic rings. The van der Waals surface area contributed by atoms with Gasteiger partial charge >= 0.3 is 0 Å². The Morgan fingerprint density at radius 2 is 1.81 bits per heavy atom. The molecule has 1 fully saturated rings. The first-order chi connectivity index (χ1) is 7.26. The van der Waals surface area contributed by atoms with Crippen LogP contribution in [0.2, 0.25) is 0 Å². The van der Waals surface area contributed by atoms with E-state index >= 15 is 0 Å². The molecule has 3 N–H and O–H groups in total. The minimum absolute atomic E-state index is 0.344. The zero-order valence-electron chi connectivity index (χ0n) is 11.3. The summed E-state index contributed by atoms with van der Waals surface area (Å²) in [5.41, 5.74) is 5.36. The average molecular weight is 228 g/mol. The van der Waals surface area contributed by atoms with Crippen molar-refractivity contribution in [3.8, 4) is 0 Å². The fourth-order valence-corrected chi connectivity index (χ4v) is 2.66. The first-order valence-electron chi connectivity index (χ1n) is 6.38. The molecule has 0 atom stereocenters. The van der Waals surface area contributed by atoms with Crippen LogP contribution in [0.5, 0.6) is 0 Å². The van der Waals surface area contributed by atoms with E-state index in [9.17, 15) is 5.11 Å². The van der Waals surface area contributed by atoms with Crippen LogP contribution in [0.1, 0.15) is 46.5 Å². The van der Waals surface area contributed by atoms with Crippen LogP contribution in [0.25, 0.3) is 0 Å². The minimum Gasteiger partial charge on any atom is -0.389 e. The number of nitrogens with two attached hydrogens (primary N) is 1. The Hall–Kier alpha value is -0.120. The molecule has 0 aliphatic heterocycles. The molecule has 1 rings (SSSR count). The summed E-state index contributed by atoms with van der Waals surface area (Å²) in [6.07, 6.45) is 3.84. The number of aliphatic hydroxyl groups is 1. The average Bonchev–Trinajstić information content (AvgIpc) is 2.16. The smallest absolute Gasteiger partial charge is 0.0770 e. The van der Waals surface area contributed by atoms with Gasteiger partial charge in [-0.25, -0.2) is 0 Å². The van der Waals surface area contributed by atoms with Gasteiger partial charge in [-0.15, -0.1) is 0 Å². The molecule has 1 aliphatic carbocycles. The van der Waals surface area contributed by atoms with Crippen LogP contribution in [-0.4, -0.2) is 41.8 Å². The Morgan fingerprint density at radius 3 is 2.19 bits per heavy atom. The van der Waals surface area contributed by atoms with Crippen molar-refractivity contribution < 1.29 is 5.11 Å². The molecular weight excluding hydrogens is 200 g/mol. The van der Waals surface area contributed by atoms with Gasteiger partial charge in [0, 0.05) is 19.1 Å². The molecule has 96 valence electrons. The van der Waals surface area contributed by atoms with Gasteiger partial charge < -0.3 is 15.7 Å². The number of rotatable bonds is 3. The molecule has 0 unspecified atom stereocenters. The van der Waals surface area contributed by atoms with Gasteiger partial charge in [-0.2, -0.15) is 0 Å². The second-order valence-electron chi connectivity index (χ2n) is 6.64. The normalized spacial score (nSPS) is 32.1. The molecule has 16 heavy (non-hydrogen) atoms. The van der Waals surface area contributed by atoms with Crippen LogP contribution >= 0.6 is 0 Å². The minimum atomic E-state index is -0.584. The van der Waals surface area contributed by atoms with E-state index in [0.29, 0.717) is 18.0 Å². The number of nitrogens with zero attached hydrogens (tertiary/aromatic N) is 1. The highest BCUT2D eigenvalue weighted by atomic mass is 16.3. The molecular formula is C13H28N2O. The third-order valence-electron chi connectivity index (χ3n) is 3.61. The molecule has 3 nitrogen and oxygen atoms in total. The van der Waals surface area contributed by atoms with Crippen molar-refractivity contribution in [3.63, 3.8) is 0 Å². The lowest BCUT2D eigenvalue weighted by Crippen LogP contribution is -2.47. The standard InChI is InChI=1S/C13H28N2O/c1-12(2,3)10-15(4)11-5-7-13(16,9-14)8-6-11/h11,16H,5-10,14H2,1-4H3. The van der Waals surface area contributed by atoms with Gasteiger partial charge in [0.15, 0.2) is 0 Å². The third kappa shape index (κ3) is 4.04. The second-order valence-corrected chi connectivity index (χ2v) is 6.64. The predicted octanol–water partition coefficient (Wildman–Crippen LogP) is 1.60. The Balaban J connectivity index is 2.42. The van der Waals surface area contributed by atoms with Crippen molar-refractivity contribution in [2.45, 2.75) is 58.1 Å². The van der Waals surface area contributed by atoms with Gasteiger partial charge in [0.05, 0.1) is 5.60 Å². The van der Waals surface area contributed by atoms with E-state index in [1.54, 1.807) is 0 Å². The van der Waals surface area contributed by atoms with Crippen LogP contribution in [0.4, 0.5) is 0 Å². The Labute approximate surface area is 100 Å². The summed E-state index contributed by atoms with van der Waals surface area (Å²) in [4.78, 5) is 2.44. The highest BCUT2D eigenvalue weighted by Gasteiger charge is 2.33.